The number of nitrogens with zero attached hydrogens (tertiary/aromatic N) is 5. The lowest BCUT2D eigenvalue weighted by molar-refractivity contribution is 0.0722. The molecule has 0 bridgehead atoms. The molecule has 1 saturated heterocycles. The molecule has 0 aromatic carbocycles. The van der Waals surface area contributed by atoms with E-state index in [4.69, 9.17) is 0 Å². The molecule has 0 saturated carbocycles. The fraction of sp³-hybridized carbons (Fsp3) is 0.533. The Balaban J connectivity index is 1.56. The molecule has 122 valence electrons. The first-order chi connectivity index (χ1) is 11.2. The molecule has 0 radical (unpaired) electrons. The van der Waals surface area contributed by atoms with Crippen LogP contribution in [0.25, 0.3) is 0 Å². The van der Waals surface area contributed by atoms with Crippen molar-refractivity contribution >= 4 is 23.3 Å². The number of aromatic nitrogens is 4. The van der Waals surface area contributed by atoms with Gasteiger partial charge in [-0.15, -0.1) is 10.2 Å². The summed E-state index contributed by atoms with van der Waals surface area (Å²) in [6.07, 6.45) is 2.53. The standard InChI is InChI=1S/C15H20N6OS/c1-3-12-14(23-20-18-12)15(22)21-8-6-11(7-9-21)16-13-5-4-10(2)17-19-13/h4-5,11H,3,6-9H2,1-2H3,(H,16,19). The van der Waals surface area contributed by atoms with Gasteiger partial charge < -0.3 is 10.2 Å². The molecular weight excluding hydrogens is 312 g/mol. The van der Waals surface area contributed by atoms with Crippen LogP contribution in [-0.4, -0.2) is 49.7 Å². The molecule has 1 fully saturated rings. The fourth-order valence-corrected chi connectivity index (χ4v) is 3.38. The van der Waals surface area contributed by atoms with Crippen LogP contribution < -0.4 is 5.32 Å². The van der Waals surface area contributed by atoms with Gasteiger partial charge in [-0.05, 0) is 49.9 Å². The molecule has 2 aromatic heterocycles. The lowest BCUT2D eigenvalue weighted by Crippen LogP contribution is -2.42. The SMILES string of the molecule is CCc1nnsc1C(=O)N1CCC(Nc2ccc(C)nn2)CC1. The van der Waals surface area contributed by atoms with Gasteiger partial charge in [-0.25, -0.2) is 0 Å². The van der Waals surface area contributed by atoms with Crippen LogP contribution in [0.1, 0.15) is 40.8 Å². The molecule has 0 spiro atoms. The molecule has 1 N–H and O–H groups in total. The third-order valence-electron chi connectivity index (χ3n) is 4.02. The minimum atomic E-state index is 0.0606. The summed E-state index contributed by atoms with van der Waals surface area (Å²) in [5, 5.41) is 15.6. The summed E-state index contributed by atoms with van der Waals surface area (Å²) in [7, 11) is 0. The van der Waals surface area contributed by atoms with E-state index in [0.717, 1.165) is 49.6 Å². The maximum absolute atomic E-state index is 12.6. The Morgan fingerprint density at radius 3 is 2.74 bits per heavy atom. The summed E-state index contributed by atoms with van der Waals surface area (Å²) in [5.74, 6) is 0.853. The van der Waals surface area contributed by atoms with E-state index in [1.807, 2.05) is 30.9 Å². The van der Waals surface area contributed by atoms with Crippen LogP contribution in [-0.2, 0) is 6.42 Å². The second kappa shape index (κ2) is 6.99. The van der Waals surface area contributed by atoms with Crippen LogP contribution in [0.3, 0.4) is 0 Å². The number of nitrogens with one attached hydrogen (secondary N) is 1. The smallest absolute Gasteiger partial charge is 0.267 e. The average molecular weight is 332 g/mol. The quantitative estimate of drug-likeness (QED) is 0.921. The number of hydrogen-bond acceptors (Lipinski definition) is 7. The number of carbonyl (C=O) groups is 1. The minimum absolute atomic E-state index is 0.0606. The summed E-state index contributed by atoms with van der Waals surface area (Å²) in [6.45, 7) is 5.37. The zero-order chi connectivity index (χ0) is 16.2. The van der Waals surface area contributed by atoms with Crippen LogP contribution in [0.4, 0.5) is 5.82 Å². The lowest BCUT2D eigenvalue weighted by Gasteiger charge is -2.32. The largest absolute Gasteiger partial charge is 0.366 e. The molecule has 7 nitrogen and oxygen atoms in total. The van der Waals surface area contributed by atoms with Gasteiger partial charge in [-0.3, -0.25) is 4.79 Å². The van der Waals surface area contributed by atoms with Gasteiger partial charge in [0.25, 0.3) is 5.91 Å². The highest BCUT2D eigenvalue weighted by molar-refractivity contribution is 7.08. The van der Waals surface area contributed by atoms with Gasteiger partial charge in [0, 0.05) is 19.1 Å². The normalized spacial score (nSPS) is 15.7. The van der Waals surface area contributed by atoms with Gasteiger partial charge >= 0.3 is 0 Å². The zero-order valence-corrected chi connectivity index (χ0v) is 14.1. The van der Waals surface area contributed by atoms with Crippen molar-refractivity contribution in [3.05, 3.63) is 28.4 Å². The molecule has 2 aromatic rings. The van der Waals surface area contributed by atoms with Gasteiger partial charge in [0.15, 0.2) is 0 Å². The van der Waals surface area contributed by atoms with Crippen molar-refractivity contribution in [2.75, 3.05) is 18.4 Å². The molecule has 1 aliphatic rings. The predicted molar refractivity (Wildman–Crippen MR) is 88.6 cm³/mol. The molecule has 3 rings (SSSR count). The average Bonchev–Trinajstić information content (AvgIpc) is 3.06. The highest BCUT2D eigenvalue weighted by atomic mass is 32.1. The molecule has 8 heteroatoms. The Morgan fingerprint density at radius 1 is 1.30 bits per heavy atom. The molecule has 3 heterocycles. The van der Waals surface area contributed by atoms with Crippen molar-refractivity contribution < 1.29 is 4.79 Å². The first-order valence-electron chi connectivity index (χ1n) is 7.84. The highest BCUT2D eigenvalue weighted by Gasteiger charge is 2.26. The zero-order valence-electron chi connectivity index (χ0n) is 13.3. The number of aryl methyl sites for hydroxylation is 2. The molecule has 0 aliphatic carbocycles. The number of likely N-dealkylation sites (tertiary alicyclic amines) is 1. The van der Waals surface area contributed by atoms with Crippen molar-refractivity contribution in [2.24, 2.45) is 0 Å². The fourth-order valence-electron chi connectivity index (χ4n) is 2.66. The van der Waals surface area contributed by atoms with E-state index in [9.17, 15) is 4.79 Å². The molecule has 0 unspecified atom stereocenters. The molecule has 0 atom stereocenters. The van der Waals surface area contributed by atoms with E-state index in [2.05, 4.69) is 25.1 Å². The second-order valence-electron chi connectivity index (χ2n) is 5.67. The Morgan fingerprint density at radius 2 is 2.09 bits per heavy atom. The number of amides is 1. The highest BCUT2D eigenvalue weighted by Crippen LogP contribution is 2.20. The number of piperidine rings is 1. The van der Waals surface area contributed by atoms with Gasteiger partial charge in [0.2, 0.25) is 0 Å². The third-order valence-corrected chi connectivity index (χ3v) is 4.77. The van der Waals surface area contributed by atoms with Crippen LogP contribution in [0, 0.1) is 6.92 Å². The first-order valence-corrected chi connectivity index (χ1v) is 8.62. The van der Waals surface area contributed by atoms with E-state index in [1.165, 1.54) is 11.5 Å². The van der Waals surface area contributed by atoms with Gasteiger partial charge in [-0.1, -0.05) is 11.4 Å². The first kappa shape index (κ1) is 15.8. The number of carbonyl (C=O) groups excluding carboxylic acids is 1. The number of anilines is 1. The predicted octanol–water partition coefficient (Wildman–Crippen LogP) is 1.92. The Labute approximate surface area is 139 Å². The molecule has 1 aliphatic heterocycles. The van der Waals surface area contributed by atoms with Crippen molar-refractivity contribution in [3.8, 4) is 0 Å². The third kappa shape index (κ3) is 3.64. The van der Waals surface area contributed by atoms with Crippen LogP contribution in [0.5, 0.6) is 0 Å². The van der Waals surface area contributed by atoms with Crippen molar-refractivity contribution in [2.45, 2.75) is 39.2 Å². The van der Waals surface area contributed by atoms with Crippen molar-refractivity contribution in [1.29, 1.82) is 0 Å². The maximum Gasteiger partial charge on any atom is 0.267 e. The van der Waals surface area contributed by atoms with E-state index in [0.29, 0.717) is 10.9 Å². The monoisotopic (exact) mass is 332 g/mol. The topological polar surface area (TPSA) is 83.9 Å². The Hall–Kier alpha value is -2.09. The summed E-state index contributed by atoms with van der Waals surface area (Å²) < 4.78 is 3.90. The van der Waals surface area contributed by atoms with Gasteiger partial charge in [0.1, 0.15) is 10.7 Å². The second-order valence-corrected chi connectivity index (χ2v) is 6.43. The Kier molecular flexibility index (Phi) is 4.80. The van der Waals surface area contributed by atoms with Crippen LogP contribution in [0.2, 0.25) is 0 Å². The van der Waals surface area contributed by atoms with Gasteiger partial charge in [-0.2, -0.15) is 5.10 Å². The van der Waals surface area contributed by atoms with Crippen molar-refractivity contribution in [1.82, 2.24) is 24.7 Å². The number of rotatable bonds is 4. The van der Waals surface area contributed by atoms with E-state index in [-0.39, 0.29) is 5.91 Å². The van der Waals surface area contributed by atoms with Crippen molar-refractivity contribution in [3.63, 3.8) is 0 Å². The Bertz CT molecular complexity index is 663. The van der Waals surface area contributed by atoms with Gasteiger partial charge in [0.05, 0.1) is 11.4 Å². The molecule has 1 amide bonds. The summed E-state index contributed by atoms with van der Waals surface area (Å²) in [4.78, 5) is 15.1. The molecular formula is C15H20N6OS. The summed E-state index contributed by atoms with van der Waals surface area (Å²) >= 11 is 1.19. The lowest BCUT2D eigenvalue weighted by atomic mass is 10.0. The number of hydrogen-bond donors (Lipinski definition) is 1. The minimum Gasteiger partial charge on any atom is -0.366 e. The maximum atomic E-state index is 12.6. The van der Waals surface area contributed by atoms with Crippen LogP contribution in [0.15, 0.2) is 12.1 Å². The summed E-state index contributed by atoms with van der Waals surface area (Å²) in [5.41, 5.74) is 1.70. The molecule has 23 heavy (non-hydrogen) atoms. The van der Waals surface area contributed by atoms with Crippen LogP contribution >= 0.6 is 11.5 Å². The van der Waals surface area contributed by atoms with E-state index >= 15 is 0 Å². The van der Waals surface area contributed by atoms with E-state index < -0.39 is 0 Å². The van der Waals surface area contributed by atoms with E-state index in [1.54, 1.807) is 0 Å². The summed E-state index contributed by atoms with van der Waals surface area (Å²) in [6, 6.07) is 4.20.